The minimum Gasteiger partial charge on any atom is -0.383 e. The number of carbonyl (C=O) groups excluding carboxylic acids is 2. The molecule has 5 rings (SSSR count). The molecule has 2 aromatic heterocycles. The van der Waals surface area contributed by atoms with Crippen LogP contribution in [0.1, 0.15) is 11.3 Å². The summed E-state index contributed by atoms with van der Waals surface area (Å²) in [6.07, 6.45) is 2.10. The van der Waals surface area contributed by atoms with Crippen LogP contribution in [0.5, 0.6) is 0 Å². The Labute approximate surface area is 200 Å². The van der Waals surface area contributed by atoms with E-state index in [0.29, 0.717) is 43.4 Å². The van der Waals surface area contributed by atoms with E-state index in [-0.39, 0.29) is 18.5 Å². The van der Waals surface area contributed by atoms with Gasteiger partial charge >= 0.3 is 0 Å². The Morgan fingerprint density at radius 3 is 2.91 bits per heavy atom. The molecule has 0 saturated carbocycles. The van der Waals surface area contributed by atoms with E-state index in [4.69, 9.17) is 17.3 Å². The number of rotatable bonds is 7. The van der Waals surface area contributed by atoms with Gasteiger partial charge in [0.15, 0.2) is 0 Å². The van der Waals surface area contributed by atoms with Gasteiger partial charge in [-0.1, -0.05) is 17.7 Å². The Kier molecular flexibility index (Phi) is 6.04. The molecule has 9 nitrogen and oxygen atoms in total. The fourth-order valence-corrected chi connectivity index (χ4v) is 4.73. The summed E-state index contributed by atoms with van der Waals surface area (Å²) >= 11 is 6.11. The highest BCUT2D eigenvalue weighted by atomic mass is 35.5. The van der Waals surface area contributed by atoms with E-state index >= 15 is 0 Å². The summed E-state index contributed by atoms with van der Waals surface area (Å²) in [6, 6.07) is 13.3. The van der Waals surface area contributed by atoms with E-state index < -0.39 is 0 Å². The first-order valence-electron chi connectivity index (χ1n) is 11.0. The number of piperazine rings is 1. The maximum atomic E-state index is 13.2. The van der Waals surface area contributed by atoms with Gasteiger partial charge in [-0.3, -0.25) is 14.5 Å². The first kappa shape index (κ1) is 22.1. The van der Waals surface area contributed by atoms with Crippen LogP contribution in [0.15, 0.2) is 48.8 Å². The van der Waals surface area contributed by atoms with Gasteiger partial charge in [0.1, 0.15) is 12.1 Å². The van der Waals surface area contributed by atoms with Gasteiger partial charge in [0, 0.05) is 53.2 Å². The zero-order valence-corrected chi connectivity index (χ0v) is 19.1. The van der Waals surface area contributed by atoms with Crippen molar-refractivity contribution in [2.45, 2.75) is 19.1 Å². The molecule has 0 bridgehead atoms. The number of amides is 2. The minimum atomic E-state index is -0.170. The number of H-pyrrole nitrogens is 1. The van der Waals surface area contributed by atoms with Crippen LogP contribution >= 0.6 is 11.6 Å². The first-order chi connectivity index (χ1) is 16.5. The normalized spacial score (nSPS) is 16.9. The molecule has 34 heavy (non-hydrogen) atoms. The minimum absolute atomic E-state index is 0.00500. The molecule has 2 aromatic carbocycles. The average molecular weight is 478 g/mol. The second-order valence-corrected chi connectivity index (χ2v) is 8.94. The number of carbonyl (C=O) groups is 2. The lowest BCUT2D eigenvalue weighted by Gasteiger charge is -2.41. The highest BCUT2D eigenvalue weighted by Gasteiger charge is 2.32. The van der Waals surface area contributed by atoms with E-state index in [1.807, 2.05) is 41.3 Å². The molecule has 4 aromatic rings. The monoisotopic (exact) mass is 477 g/mol. The zero-order valence-electron chi connectivity index (χ0n) is 18.4. The van der Waals surface area contributed by atoms with Crippen molar-refractivity contribution in [1.82, 2.24) is 30.1 Å². The van der Waals surface area contributed by atoms with Crippen molar-refractivity contribution < 1.29 is 9.59 Å². The van der Waals surface area contributed by atoms with Crippen LogP contribution < -0.4 is 11.1 Å². The number of anilines is 1. The Hall–Kier alpha value is -3.69. The Morgan fingerprint density at radius 1 is 1.18 bits per heavy atom. The molecule has 1 saturated heterocycles. The molecule has 0 radical (unpaired) electrons. The summed E-state index contributed by atoms with van der Waals surface area (Å²) in [4.78, 5) is 39.8. The zero-order chi connectivity index (χ0) is 23.7. The molecule has 3 heterocycles. The van der Waals surface area contributed by atoms with Gasteiger partial charge in [-0.05, 0) is 42.0 Å². The summed E-state index contributed by atoms with van der Waals surface area (Å²) in [5, 5.41) is 5.24. The van der Waals surface area contributed by atoms with Gasteiger partial charge in [0.2, 0.25) is 12.3 Å². The quantitative estimate of drug-likeness (QED) is 0.351. The lowest BCUT2D eigenvalue weighted by molar-refractivity contribution is -0.141. The lowest BCUT2D eigenvalue weighted by Crippen LogP contribution is -2.58. The van der Waals surface area contributed by atoms with Gasteiger partial charge in [0.05, 0.1) is 18.1 Å². The van der Waals surface area contributed by atoms with Crippen LogP contribution in [0.4, 0.5) is 5.82 Å². The van der Waals surface area contributed by atoms with Crippen LogP contribution in [-0.4, -0.2) is 62.7 Å². The lowest BCUT2D eigenvalue weighted by atomic mass is 10.1. The number of halogens is 1. The highest BCUT2D eigenvalue weighted by molar-refractivity contribution is 6.31. The maximum absolute atomic E-state index is 13.2. The van der Waals surface area contributed by atoms with Crippen molar-refractivity contribution in [3.63, 3.8) is 0 Å². The Balaban J connectivity index is 1.34. The summed E-state index contributed by atoms with van der Waals surface area (Å²) in [7, 11) is 0. The number of hydrogen-bond acceptors (Lipinski definition) is 6. The number of benzene rings is 2. The molecule has 1 aliphatic heterocycles. The summed E-state index contributed by atoms with van der Waals surface area (Å²) in [5.74, 6) is 0.430. The van der Waals surface area contributed by atoms with Crippen molar-refractivity contribution in [2.24, 2.45) is 0 Å². The molecular formula is C24H24ClN7O2. The van der Waals surface area contributed by atoms with Gasteiger partial charge in [-0.2, -0.15) is 0 Å². The molecule has 1 unspecified atom stereocenters. The van der Waals surface area contributed by atoms with Crippen molar-refractivity contribution in [1.29, 1.82) is 0 Å². The fourth-order valence-electron chi connectivity index (χ4n) is 4.55. The van der Waals surface area contributed by atoms with Crippen LogP contribution in [-0.2, 0) is 22.7 Å². The molecule has 10 heteroatoms. The van der Waals surface area contributed by atoms with Crippen molar-refractivity contribution in [3.05, 3.63) is 65.1 Å². The summed E-state index contributed by atoms with van der Waals surface area (Å²) in [6.45, 7) is 2.30. The standard InChI is InChI=1S/C24H24ClN7O2/c25-17-2-4-21-16(6-17)7-18(30-21)10-31-11-19(8-27-14-33)32(23(34)12-31)9-15-1-3-20-22(5-15)28-13-29-24(20)26/h1-7,13-14,19,30H,8-12H2,(H,27,33)(H2,26,28,29). The van der Waals surface area contributed by atoms with E-state index in [9.17, 15) is 9.59 Å². The number of nitrogens with zero attached hydrogens (tertiary/aromatic N) is 4. The van der Waals surface area contributed by atoms with E-state index in [1.54, 1.807) is 0 Å². The van der Waals surface area contributed by atoms with Crippen LogP contribution in [0.25, 0.3) is 21.8 Å². The molecule has 2 amide bonds. The second-order valence-electron chi connectivity index (χ2n) is 8.51. The summed E-state index contributed by atoms with van der Waals surface area (Å²) < 4.78 is 0. The van der Waals surface area contributed by atoms with Crippen LogP contribution in [0, 0.1) is 0 Å². The second kappa shape index (κ2) is 9.28. The van der Waals surface area contributed by atoms with Crippen molar-refractivity contribution >= 4 is 51.5 Å². The van der Waals surface area contributed by atoms with Crippen LogP contribution in [0.2, 0.25) is 5.02 Å². The van der Waals surface area contributed by atoms with Crippen molar-refractivity contribution in [3.8, 4) is 0 Å². The smallest absolute Gasteiger partial charge is 0.237 e. The van der Waals surface area contributed by atoms with Gasteiger partial charge in [-0.15, -0.1) is 0 Å². The van der Waals surface area contributed by atoms with E-state index in [2.05, 4.69) is 31.2 Å². The number of fused-ring (bicyclic) bond motifs is 2. The molecule has 1 aliphatic rings. The fraction of sp³-hybridized carbons (Fsp3) is 0.250. The largest absolute Gasteiger partial charge is 0.383 e. The number of hydrogen-bond donors (Lipinski definition) is 3. The average Bonchev–Trinajstić information content (AvgIpc) is 3.21. The predicted octanol–water partition coefficient (Wildman–Crippen LogP) is 2.31. The third-order valence-electron chi connectivity index (χ3n) is 6.14. The van der Waals surface area contributed by atoms with E-state index in [1.165, 1.54) is 6.33 Å². The molecule has 0 aliphatic carbocycles. The number of nitrogen functional groups attached to an aromatic ring is 1. The van der Waals surface area contributed by atoms with Crippen LogP contribution in [0.3, 0.4) is 0 Å². The third kappa shape index (κ3) is 4.52. The van der Waals surface area contributed by atoms with Crippen molar-refractivity contribution in [2.75, 3.05) is 25.4 Å². The topological polar surface area (TPSA) is 120 Å². The molecule has 1 fully saturated rings. The van der Waals surface area contributed by atoms with Gasteiger partial charge in [-0.25, -0.2) is 9.97 Å². The molecule has 1 atom stereocenters. The first-order valence-corrected chi connectivity index (χ1v) is 11.3. The van der Waals surface area contributed by atoms with Gasteiger partial charge < -0.3 is 20.9 Å². The third-order valence-corrected chi connectivity index (χ3v) is 6.38. The molecular weight excluding hydrogens is 454 g/mol. The maximum Gasteiger partial charge on any atom is 0.237 e. The number of aromatic nitrogens is 3. The molecule has 4 N–H and O–H groups in total. The summed E-state index contributed by atoms with van der Waals surface area (Å²) in [5.41, 5.74) is 9.61. The highest BCUT2D eigenvalue weighted by Crippen LogP contribution is 2.24. The van der Waals surface area contributed by atoms with E-state index in [0.717, 1.165) is 33.1 Å². The Morgan fingerprint density at radius 2 is 2.06 bits per heavy atom. The van der Waals surface area contributed by atoms with Gasteiger partial charge in [0.25, 0.3) is 0 Å². The molecule has 174 valence electrons. The SMILES string of the molecule is Nc1ncnc2cc(CN3C(=O)CN(Cc4cc5cc(Cl)ccc5[nH]4)CC3CNC=O)ccc12. The Bertz CT molecular complexity index is 1370. The number of aromatic amines is 1. The molecule has 0 spiro atoms. The number of nitrogens with one attached hydrogen (secondary N) is 2. The predicted molar refractivity (Wildman–Crippen MR) is 131 cm³/mol. The number of nitrogens with two attached hydrogens (primary N) is 1.